The molecule has 1 amide bonds. The van der Waals surface area contributed by atoms with Crippen LogP contribution in [-0.2, 0) is 4.79 Å². The van der Waals surface area contributed by atoms with E-state index in [2.05, 4.69) is 15.2 Å². The summed E-state index contributed by atoms with van der Waals surface area (Å²) in [5, 5.41) is 4.08. The summed E-state index contributed by atoms with van der Waals surface area (Å²) in [5.74, 6) is 0.900. The molecule has 2 heterocycles. The molecule has 1 saturated heterocycles. The maximum atomic E-state index is 12.5. The molecule has 0 radical (unpaired) electrons. The Morgan fingerprint density at radius 3 is 2.58 bits per heavy atom. The molecule has 0 saturated carbocycles. The second-order valence-corrected chi connectivity index (χ2v) is 6.68. The Hall–Kier alpha value is -2.14. The van der Waals surface area contributed by atoms with E-state index in [0.29, 0.717) is 6.54 Å². The number of pyridine rings is 1. The molecule has 5 heteroatoms. The highest BCUT2D eigenvalue weighted by Crippen LogP contribution is 2.26. The average Bonchev–Trinajstić information content (AvgIpc) is 2.83. The Morgan fingerprint density at radius 1 is 1.17 bits per heavy atom. The van der Waals surface area contributed by atoms with Crippen molar-refractivity contribution >= 4 is 28.3 Å². The van der Waals surface area contributed by atoms with Gasteiger partial charge in [-0.2, -0.15) is 0 Å². The molecule has 1 aliphatic heterocycles. The lowest BCUT2D eigenvalue weighted by Gasteiger charge is -2.20. The van der Waals surface area contributed by atoms with E-state index >= 15 is 0 Å². The molecule has 1 aliphatic rings. The quantitative estimate of drug-likeness (QED) is 0.938. The van der Waals surface area contributed by atoms with E-state index < -0.39 is 0 Å². The lowest BCUT2D eigenvalue weighted by molar-refractivity contribution is -0.117. The number of fused-ring (bicyclic) bond motifs is 1. The van der Waals surface area contributed by atoms with Crippen LogP contribution in [0, 0.1) is 0 Å². The van der Waals surface area contributed by atoms with Crippen molar-refractivity contribution in [2.24, 2.45) is 0 Å². The fourth-order valence-corrected chi connectivity index (χ4v) is 3.18. The van der Waals surface area contributed by atoms with Crippen LogP contribution in [-0.4, -0.2) is 49.5 Å². The molecular formula is C19H26N4O. The van der Waals surface area contributed by atoms with Crippen molar-refractivity contribution in [2.45, 2.75) is 25.7 Å². The van der Waals surface area contributed by atoms with Gasteiger partial charge in [-0.25, -0.2) is 4.98 Å². The standard InChI is InChI=1S/C19H26N4O/c1-22(2)18-13-17(15-9-5-6-10-16(15)20-18)21-19(24)14-23-11-7-3-4-8-12-23/h5-6,9-10,13H,3-4,7-8,11-12,14H2,1-2H3,(H,20,21,24). The van der Waals surface area contributed by atoms with Crippen LogP contribution in [0.4, 0.5) is 11.5 Å². The van der Waals surface area contributed by atoms with Gasteiger partial charge in [0.25, 0.3) is 0 Å². The summed E-state index contributed by atoms with van der Waals surface area (Å²) in [7, 11) is 3.92. The Morgan fingerprint density at radius 2 is 1.88 bits per heavy atom. The number of hydrogen-bond acceptors (Lipinski definition) is 4. The van der Waals surface area contributed by atoms with Crippen LogP contribution in [0.3, 0.4) is 0 Å². The number of amides is 1. The average molecular weight is 326 g/mol. The summed E-state index contributed by atoms with van der Waals surface area (Å²) in [6.45, 7) is 2.51. The normalized spacial score (nSPS) is 15.9. The molecule has 0 atom stereocenters. The minimum Gasteiger partial charge on any atom is -0.363 e. The first-order valence-corrected chi connectivity index (χ1v) is 8.73. The Balaban J connectivity index is 1.79. The number of likely N-dealkylation sites (tertiary alicyclic amines) is 1. The molecule has 5 nitrogen and oxygen atoms in total. The number of nitrogens with one attached hydrogen (secondary N) is 1. The molecule has 0 aliphatic carbocycles. The molecule has 1 fully saturated rings. The molecule has 0 spiro atoms. The number of para-hydroxylation sites is 1. The van der Waals surface area contributed by atoms with Crippen LogP contribution in [0.2, 0.25) is 0 Å². The first-order chi connectivity index (χ1) is 11.6. The summed E-state index contributed by atoms with van der Waals surface area (Å²) in [5.41, 5.74) is 1.73. The number of carbonyl (C=O) groups is 1. The van der Waals surface area contributed by atoms with E-state index in [9.17, 15) is 4.79 Å². The number of benzene rings is 1. The van der Waals surface area contributed by atoms with Gasteiger partial charge in [-0.1, -0.05) is 31.0 Å². The van der Waals surface area contributed by atoms with E-state index in [0.717, 1.165) is 35.5 Å². The zero-order valence-electron chi connectivity index (χ0n) is 14.6. The number of nitrogens with zero attached hydrogens (tertiary/aromatic N) is 3. The number of anilines is 2. The second kappa shape index (κ2) is 7.62. The zero-order valence-corrected chi connectivity index (χ0v) is 14.6. The summed E-state index contributed by atoms with van der Waals surface area (Å²) in [6, 6.07) is 9.88. The molecule has 128 valence electrons. The van der Waals surface area contributed by atoms with Gasteiger partial charge in [0.05, 0.1) is 17.7 Å². The van der Waals surface area contributed by atoms with Gasteiger partial charge in [-0.05, 0) is 32.0 Å². The van der Waals surface area contributed by atoms with Crippen molar-refractivity contribution in [3.05, 3.63) is 30.3 Å². The van der Waals surface area contributed by atoms with E-state index in [1.165, 1.54) is 25.7 Å². The van der Waals surface area contributed by atoms with Gasteiger partial charge in [0.1, 0.15) is 5.82 Å². The number of rotatable bonds is 4. The lowest BCUT2D eigenvalue weighted by atomic mass is 10.1. The van der Waals surface area contributed by atoms with Crippen LogP contribution >= 0.6 is 0 Å². The fourth-order valence-electron chi connectivity index (χ4n) is 3.18. The minimum atomic E-state index is 0.0537. The largest absolute Gasteiger partial charge is 0.363 e. The highest BCUT2D eigenvalue weighted by molar-refractivity contribution is 6.02. The third-order valence-corrected chi connectivity index (χ3v) is 4.50. The Labute approximate surface area is 143 Å². The number of aromatic nitrogens is 1. The Kier molecular flexibility index (Phi) is 5.30. The van der Waals surface area contributed by atoms with Crippen molar-refractivity contribution in [2.75, 3.05) is 43.9 Å². The van der Waals surface area contributed by atoms with Crippen molar-refractivity contribution < 1.29 is 4.79 Å². The van der Waals surface area contributed by atoms with Crippen molar-refractivity contribution in [1.82, 2.24) is 9.88 Å². The predicted molar refractivity (Wildman–Crippen MR) is 99.6 cm³/mol. The highest BCUT2D eigenvalue weighted by atomic mass is 16.2. The minimum absolute atomic E-state index is 0.0537. The van der Waals surface area contributed by atoms with Gasteiger partial charge in [0.15, 0.2) is 0 Å². The van der Waals surface area contributed by atoms with Gasteiger partial charge in [-0.3, -0.25) is 9.69 Å². The molecule has 24 heavy (non-hydrogen) atoms. The molecule has 3 rings (SSSR count). The topological polar surface area (TPSA) is 48.5 Å². The van der Waals surface area contributed by atoms with Crippen LogP contribution in [0.15, 0.2) is 30.3 Å². The van der Waals surface area contributed by atoms with Crippen LogP contribution < -0.4 is 10.2 Å². The predicted octanol–water partition coefficient (Wildman–Crippen LogP) is 3.12. The van der Waals surface area contributed by atoms with E-state index in [4.69, 9.17) is 0 Å². The van der Waals surface area contributed by atoms with Gasteiger partial charge in [-0.15, -0.1) is 0 Å². The summed E-state index contributed by atoms with van der Waals surface area (Å²) >= 11 is 0. The van der Waals surface area contributed by atoms with Crippen molar-refractivity contribution in [3.8, 4) is 0 Å². The monoisotopic (exact) mass is 326 g/mol. The third kappa shape index (κ3) is 4.03. The summed E-state index contributed by atoms with van der Waals surface area (Å²) in [6.07, 6.45) is 4.94. The molecule has 2 aromatic rings. The van der Waals surface area contributed by atoms with Crippen molar-refractivity contribution in [3.63, 3.8) is 0 Å². The van der Waals surface area contributed by atoms with Crippen LogP contribution in [0.25, 0.3) is 10.9 Å². The van der Waals surface area contributed by atoms with Gasteiger partial charge in [0.2, 0.25) is 5.91 Å². The molecule has 0 unspecified atom stereocenters. The maximum Gasteiger partial charge on any atom is 0.238 e. The first kappa shape index (κ1) is 16.7. The van der Waals surface area contributed by atoms with Gasteiger partial charge < -0.3 is 10.2 Å². The van der Waals surface area contributed by atoms with Crippen LogP contribution in [0.1, 0.15) is 25.7 Å². The smallest absolute Gasteiger partial charge is 0.238 e. The fraction of sp³-hybridized carbons (Fsp3) is 0.474. The van der Waals surface area contributed by atoms with Gasteiger partial charge >= 0.3 is 0 Å². The lowest BCUT2D eigenvalue weighted by Crippen LogP contribution is -2.34. The summed E-state index contributed by atoms with van der Waals surface area (Å²) < 4.78 is 0. The number of hydrogen-bond donors (Lipinski definition) is 1. The van der Waals surface area contributed by atoms with E-state index in [-0.39, 0.29) is 5.91 Å². The number of carbonyl (C=O) groups excluding carboxylic acids is 1. The summed E-state index contributed by atoms with van der Waals surface area (Å²) in [4.78, 5) is 21.4. The molecule has 0 bridgehead atoms. The molecule has 1 aromatic carbocycles. The SMILES string of the molecule is CN(C)c1cc(NC(=O)CN2CCCCCC2)c2ccccc2n1. The van der Waals surface area contributed by atoms with Crippen molar-refractivity contribution in [1.29, 1.82) is 0 Å². The maximum absolute atomic E-state index is 12.5. The van der Waals surface area contributed by atoms with Gasteiger partial charge in [0, 0.05) is 25.5 Å². The molecule has 1 aromatic heterocycles. The highest BCUT2D eigenvalue weighted by Gasteiger charge is 2.15. The van der Waals surface area contributed by atoms with E-state index in [1.54, 1.807) is 0 Å². The second-order valence-electron chi connectivity index (χ2n) is 6.68. The first-order valence-electron chi connectivity index (χ1n) is 8.73. The third-order valence-electron chi connectivity index (χ3n) is 4.50. The zero-order chi connectivity index (χ0) is 16.9. The Bertz CT molecular complexity index is 706. The van der Waals surface area contributed by atoms with Crippen LogP contribution in [0.5, 0.6) is 0 Å². The van der Waals surface area contributed by atoms with E-state index in [1.807, 2.05) is 49.3 Å². The molecule has 1 N–H and O–H groups in total. The molecular weight excluding hydrogens is 300 g/mol.